The summed E-state index contributed by atoms with van der Waals surface area (Å²) in [6.07, 6.45) is 2.94. The van der Waals surface area contributed by atoms with Crippen molar-refractivity contribution >= 4 is 16.6 Å². The van der Waals surface area contributed by atoms with Crippen LogP contribution < -0.4 is 15.4 Å². The molecule has 1 saturated heterocycles. The lowest BCUT2D eigenvalue weighted by Gasteiger charge is -2.14. The number of aromatic nitrogens is 1. The normalized spacial score (nSPS) is 19.1. The van der Waals surface area contributed by atoms with Gasteiger partial charge in [-0.25, -0.2) is 0 Å². The second-order valence-electron chi connectivity index (χ2n) is 4.58. The van der Waals surface area contributed by atoms with Crippen LogP contribution in [0.15, 0.2) is 30.5 Å². The molecule has 0 saturated carbocycles. The highest BCUT2D eigenvalue weighted by Crippen LogP contribution is 2.26. The average Bonchev–Trinajstić information content (AvgIpc) is 2.91. The van der Waals surface area contributed by atoms with Gasteiger partial charge in [0.1, 0.15) is 5.75 Å². The van der Waals surface area contributed by atoms with Crippen molar-refractivity contribution in [3.05, 3.63) is 30.5 Å². The predicted octanol–water partition coefficient (Wildman–Crippen LogP) is 2.02. The van der Waals surface area contributed by atoms with Crippen LogP contribution in [0.1, 0.15) is 6.42 Å². The molecule has 0 bridgehead atoms. The lowest BCUT2D eigenvalue weighted by Crippen LogP contribution is -2.21. The molecule has 4 nitrogen and oxygen atoms in total. The molecule has 2 N–H and O–H groups in total. The van der Waals surface area contributed by atoms with Crippen molar-refractivity contribution in [2.24, 2.45) is 0 Å². The zero-order chi connectivity index (χ0) is 12.4. The summed E-state index contributed by atoms with van der Waals surface area (Å²) in [5, 5.41) is 7.94. The zero-order valence-electron chi connectivity index (χ0n) is 10.4. The van der Waals surface area contributed by atoms with Crippen molar-refractivity contribution in [1.82, 2.24) is 10.3 Å². The summed E-state index contributed by atoms with van der Waals surface area (Å²) in [4.78, 5) is 4.34. The molecule has 18 heavy (non-hydrogen) atoms. The molecule has 1 aromatic carbocycles. The Morgan fingerprint density at radius 1 is 1.39 bits per heavy atom. The van der Waals surface area contributed by atoms with Gasteiger partial charge in [0.2, 0.25) is 0 Å². The Bertz CT molecular complexity index is 550. The second kappa shape index (κ2) is 4.82. The van der Waals surface area contributed by atoms with Gasteiger partial charge in [-0.3, -0.25) is 4.98 Å². The third-order valence-corrected chi connectivity index (χ3v) is 3.35. The molecular weight excluding hydrogens is 226 g/mol. The number of fused-ring (bicyclic) bond motifs is 1. The van der Waals surface area contributed by atoms with Crippen LogP contribution in [-0.2, 0) is 0 Å². The number of rotatable bonds is 3. The molecular formula is C14H17N3O. The first-order valence-corrected chi connectivity index (χ1v) is 6.27. The van der Waals surface area contributed by atoms with Crippen LogP contribution in [0.5, 0.6) is 5.75 Å². The molecule has 0 radical (unpaired) electrons. The number of ether oxygens (including phenoxy) is 1. The molecule has 0 spiro atoms. The van der Waals surface area contributed by atoms with E-state index in [0.717, 1.165) is 35.4 Å². The Hall–Kier alpha value is -1.81. The average molecular weight is 243 g/mol. The molecule has 1 unspecified atom stereocenters. The fourth-order valence-electron chi connectivity index (χ4n) is 2.40. The van der Waals surface area contributed by atoms with E-state index in [0.29, 0.717) is 6.04 Å². The zero-order valence-corrected chi connectivity index (χ0v) is 10.4. The van der Waals surface area contributed by atoms with Crippen molar-refractivity contribution in [3.8, 4) is 5.75 Å². The van der Waals surface area contributed by atoms with E-state index in [1.54, 1.807) is 13.3 Å². The maximum atomic E-state index is 5.37. The summed E-state index contributed by atoms with van der Waals surface area (Å²) >= 11 is 0. The van der Waals surface area contributed by atoms with E-state index >= 15 is 0 Å². The highest BCUT2D eigenvalue weighted by molar-refractivity contribution is 5.87. The molecule has 94 valence electrons. The monoisotopic (exact) mass is 243 g/mol. The number of pyridine rings is 1. The molecule has 1 aliphatic heterocycles. The second-order valence-corrected chi connectivity index (χ2v) is 4.58. The van der Waals surface area contributed by atoms with Crippen molar-refractivity contribution < 1.29 is 4.74 Å². The molecule has 3 rings (SSSR count). The predicted molar refractivity (Wildman–Crippen MR) is 73.2 cm³/mol. The van der Waals surface area contributed by atoms with Crippen LogP contribution in [0, 0.1) is 0 Å². The maximum Gasteiger partial charge on any atom is 0.129 e. The van der Waals surface area contributed by atoms with E-state index < -0.39 is 0 Å². The van der Waals surface area contributed by atoms with E-state index in [4.69, 9.17) is 4.74 Å². The van der Waals surface area contributed by atoms with Crippen LogP contribution in [0.25, 0.3) is 10.9 Å². The van der Waals surface area contributed by atoms with Gasteiger partial charge in [0.05, 0.1) is 12.6 Å². The van der Waals surface area contributed by atoms with Gasteiger partial charge in [0.15, 0.2) is 0 Å². The van der Waals surface area contributed by atoms with Gasteiger partial charge in [0, 0.05) is 29.9 Å². The van der Waals surface area contributed by atoms with E-state index in [1.807, 2.05) is 12.1 Å². The van der Waals surface area contributed by atoms with Gasteiger partial charge >= 0.3 is 0 Å². The Morgan fingerprint density at radius 3 is 3.11 bits per heavy atom. The Balaban J connectivity index is 1.93. The van der Waals surface area contributed by atoms with Crippen molar-refractivity contribution in [2.75, 3.05) is 25.5 Å². The van der Waals surface area contributed by atoms with Crippen LogP contribution in [0.3, 0.4) is 0 Å². The SMILES string of the molecule is COc1ccnc2ccc(NC3CCNC3)cc12. The lowest BCUT2D eigenvalue weighted by molar-refractivity contribution is 0.419. The van der Waals surface area contributed by atoms with Crippen LogP contribution in [0.2, 0.25) is 0 Å². The number of hydrogen-bond donors (Lipinski definition) is 2. The minimum absolute atomic E-state index is 0.519. The highest BCUT2D eigenvalue weighted by Gasteiger charge is 2.14. The quantitative estimate of drug-likeness (QED) is 0.865. The van der Waals surface area contributed by atoms with E-state index in [2.05, 4.69) is 27.8 Å². The minimum Gasteiger partial charge on any atom is -0.496 e. The first-order valence-electron chi connectivity index (χ1n) is 6.27. The van der Waals surface area contributed by atoms with Gasteiger partial charge in [-0.15, -0.1) is 0 Å². The van der Waals surface area contributed by atoms with Crippen LogP contribution in [-0.4, -0.2) is 31.2 Å². The molecule has 2 heterocycles. The number of benzene rings is 1. The lowest BCUT2D eigenvalue weighted by atomic mass is 10.1. The molecule has 1 fully saturated rings. The summed E-state index contributed by atoms with van der Waals surface area (Å²) < 4.78 is 5.37. The number of anilines is 1. The van der Waals surface area contributed by atoms with Gasteiger partial charge in [-0.1, -0.05) is 0 Å². The molecule has 0 amide bonds. The van der Waals surface area contributed by atoms with Crippen molar-refractivity contribution in [1.29, 1.82) is 0 Å². The third-order valence-electron chi connectivity index (χ3n) is 3.35. The number of nitrogens with zero attached hydrogens (tertiary/aromatic N) is 1. The number of methoxy groups -OCH3 is 1. The fourth-order valence-corrected chi connectivity index (χ4v) is 2.40. The molecule has 1 aromatic heterocycles. The molecule has 1 aliphatic rings. The van der Waals surface area contributed by atoms with Gasteiger partial charge in [0.25, 0.3) is 0 Å². The van der Waals surface area contributed by atoms with Crippen LogP contribution in [0.4, 0.5) is 5.69 Å². The fraction of sp³-hybridized carbons (Fsp3) is 0.357. The van der Waals surface area contributed by atoms with Gasteiger partial charge < -0.3 is 15.4 Å². The van der Waals surface area contributed by atoms with E-state index in [-0.39, 0.29) is 0 Å². The Morgan fingerprint density at radius 2 is 2.33 bits per heavy atom. The summed E-state index contributed by atoms with van der Waals surface area (Å²) in [5.74, 6) is 0.869. The number of hydrogen-bond acceptors (Lipinski definition) is 4. The smallest absolute Gasteiger partial charge is 0.129 e. The molecule has 2 aromatic rings. The maximum absolute atomic E-state index is 5.37. The molecule has 1 atom stereocenters. The first-order chi connectivity index (χ1) is 8.86. The summed E-state index contributed by atoms with van der Waals surface area (Å²) in [6, 6.07) is 8.63. The minimum atomic E-state index is 0.519. The van der Waals surface area contributed by atoms with Crippen LogP contribution >= 0.6 is 0 Å². The summed E-state index contributed by atoms with van der Waals surface area (Å²) in [7, 11) is 1.69. The summed E-state index contributed by atoms with van der Waals surface area (Å²) in [6.45, 7) is 2.12. The highest BCUT2D eigenvalue weighted by atomic mass is 16.5. The van der Waals surface area contributed by atoms with Crippen molar-refractivity contribution in [3.63, 3.8) is 0 Å². The van der Waals surface area contributed by atoms with E-state index in [9.17, 15) is 0 Å². The largest absolute Gasteiger partial charge is 0.496 e. The summed E-state index contributed by atoms with van der Waals surface area (Å²) in [5.41, 5.74) is 2.09. The van der Waals surface area contributed by atoms with Gasteiger partial charge in [-0.2, -0.15) is 0 Å². The molecule has 0 aliphatic carbocycles. The topological polar surface area (TPSA) is 46.2 Å². The molecule has 4 heteroatoms. The Labute approximate surface area is 106 Å². The van der Waals surface area contributed by atoms with E-state index in [1.165, 1.54) is 6.42 Å². The number of nitrogens with one attached hydrogen (secondary N) is 2. The Kier molecular flexibility index (Phi) is 3.02. The third kappa shape index (κ3) is 2.11. The van der Waals surface area contributed by atoms with Gasteiger partial charge in [-0.05, 0) is 37.2 Å². The first kappa shape index (κ1) is 11.3. The standard InChI is InChI=1S/C14H17N3O/c1-18-14-5-7-16-13-3-2-10(8-12(13)14)17-11-4-6-15-9-11/h2-3,5,7-8,11,15,17H,4,6,9H2,1H3. The van der Waals surface area contributed by atoms with Crippen molar-refractivity contribution in [2.45, 2.75) is 12.5 Å².